The summed E-state index contributed by atoms with van der Waals surface area (Å²) in [5.41, 5.74) is 3.87. The molecular weight excluding hydrogens is 468 g/mol. The van der Waals surface area contributed by atoms with Gasteiger partial charge < -0.3 is 9.84 Å². The highest BCUT2D eigenvalue weighted by atomic mass is 16.5. The van der Waals surface area contributed by atoms with Gasteiger partial charge in [0.1, 0.15) is 11.8 Å². The number of fused-ring (bicyclic) bond motifs is 1. The van der Waals surface area contributed by atoms with Crippen molar-refractivity contribution in [3.8, 4) is 0 Å². The molecule has 1 N–H and O–H groups in total. The van der Waals surface area contributed by atoms with Crippen LogP contribution in [0.3, 0.4) is 0 Å². The largest absolute Gasteiger partial charge is 0.507 e. The van der Waals surface area contributed by atoms with E-state index < -0.39 is 23.7 Å². The van der Waals surface area contributed by atoms with Crippen LogP contribution < -0.4 is 4.90 Å². The minimum atomic E-state index is -0.964. The second-order valence-electron chi connectivity index (χ2n) is 9.62. The molecule has 1 atom stereocenters. The molecule has 37 heavy (non-hydrogen) atoms. The van der Waals surface area contributed by atoms with Crippen molar-refractivity contribution in [1.29, 1.82) is 0 Å². The summed E-state index contributed by atoms with van der Waals surface area (Å²) >= 11 is 0. The van der Waals surface area contributed by atoms with E-state index in [2.05, 4.69) is 4.98 Å². The number of ether oxygens (including phenoxy) is 1. The zero-order chi connectivity index (χ0) is 26.1. The first kappa shape index (κ1) is 24.4. The number of carbonyl (C=O) groups is 3. The Morgan fingerprint density at radius 1 is 0.973 bits per heavy atom. The molecule has 0 bridgehead atoms. The molecule has 5 rings (SSSR count). The number of rotatable bonds is 5. The second kappa shape index (κ2) is 10.0. The van der Waals surface area contributed by atoms with Crippen LogP contribution in [-0.2, 0) is 27.2 Å². The predicted octanol–water partition coefficient (Wildman–Crippen LogP) is 5.15. The predicted molar refractivity (Wildman–Crippen MR) is 139 cm³/mol. The molecule has 0 saturated carbocycles. The molecule has 1 aromatic heterocycles. The van der Waals surface area contributed by atoms with Gasteiger partial charge in [0, 0.05) is 17.4 Å². The van der Waals surface area contributed by atoms with Gasteiger partial charge in [-0.1, -0.05) is 24.3 Å². The van der Waals surface area contributed by atoms with Crippen molar-refractivity contribution in [3.63, 3.8) is 0 Å². The van der Waals surface area contributed by atoms with Crippen molar-refractivity contribution in [2.75, 3.05) is 4.90 Å². The smallest absolute Gasteiger partial charge is 0.338 e. The number of hydrogen-bond acceptors (Lipinski definition) is 6. The van der Waals surface area contributed by atoms with Gasteiger partial charge in [0.2, 0.25) is 0 Å². The van der Waals surface area contributed by atoms with Gasteiger partial charge in [-0.3, -0.25) is 19.5 Å². The first-order valence-electron chi connectivity index (χ1n) is 12.5. The van der Waals surface area contributed by atoms with Crippen molar-refractivity contribution in [3.05, 3.63) is 100 Å². The molecule has 1 unspecified atom stereocenters. The fraction of sp³-hybridized carbons (Fsp3) is 0.267. The highest BCUT2D eigenvalue weighted by molar-refractivity contribution is 6.51. The lowest BCUT2D eigenvalue weighted by atomic mass is 9.89. The van der Waals surface area contributed by atoms with Gasteiger partial charge in [-0.25, -0.2) is 4.79 Å². The third-order valence-electron chi connectivity index (χ3n) is 6.74. The Labute approximate surface area is 215 Å². The highest BCUT2D eigenvalue weighted by Crippen LogP contribution is 2.42. The Hall–Kier alpha value is -4.26. The lowest BCUT2D eigenvalue weighted by Gasteiger charge is -2.25. The van der Waals surface area contributed by atoms with E-state index in [0.29, 0.717) is 16.9 Å². The number of nitrogens with zero attached hydrogens (tertiary/aromatic N) is 2. The number of aliphatic hydroxyl groups excluding tert-OH is 1. The number of esters is 1. The van der Waals surface area contributed by atoms with E-state index in [-0.39, 0.29) is 23.0 Å². The number of pyridine rings is 1. The molecular formula is C30H28N2O5. The average molecular weight is 497 g/mol. The maximum Gasteiger partial charge on any atom is 0.338 e. The van der Waals surface area contributed by atoms with E-state index in [1.165, 1.54) is 16.5 Å². The molecule has 0 spiro atoms. The van der Waals surface area contributed by atoms with Crippen LogP contribution in [0, 0.1) is 0 Å². The Balaban J connectivity index is 1.64. The second-order valence-corrected chi connectivity index (χ2v) is 9.62. The lowest BCUT2D eigenvalue weighted by molar-refractivity contribution is -0.132. The van der Waals surface area contributed by atoms with Gasteiger partial charge in [0.05, 0.1) is 22.9 Å². The fourth-order valence-electron chi connectivity index (χ4n) is 5.02. The maximum absolute atomic E-state index is 13.4. The van der Waals surface area contributed by atoms with E-state index in [4.69, 9.17) is 4.74 Å². The van der Waals surface area contributed by atoms with Gasteiger partial charge in [-0.15, -0.1) is 0 Å². The molecule has 1 aliphatic heterocycles. The lowest BCUT2D eigenvalue weighted by Crippen LogP contribution is -2.30. The summed E-state index contributed by atoms with van der Waals surface area (Å²) in [6, 6.07) is 16.3. The van der Waals surface area contributed by atoms with Crippen LogP contribution in [0.15, 0.2) is 72.4 Å². The van der Waals surface area contributed by atoms with Gasteiger partial charge in [0.15, 0.2) is 0 Å². The number of hydrogen-bond donors (Lipinski definition) is 1. The Kier molecular flexibility index (Phi) is 6.61. The fourth-order valence-corrected chi connectivity index (χ4v) is 5.02. The average Bonchev–Trinajstić information content (AvgIpc) is 3.18. The number of carbonyl (C=O) groups excluding carboxylic acids is 3. The molecule has 7 heteroatoms. The molecule has 0 radical (unpaired) electrons. The first-order valence-corrected chi connectivity index (χ1v) is 12.5. The summed E-state index contributed by atoms with van der Waals surface area (Å²) in [6.07, 6.45) is 5.37. The van der Waals surface area contributed by atoms with Crippen molar-refractivity contribution in [2.45, 2.75) is 51.7 Å². The summed E-state index contributed by atoms with van der Waals surface area (Å²) in [4.78, 5) is 45.1. The summed E-state index contributed by atoms with van der Waals surface area (Å²) < 4.78 is 5.30. The van der Waals surface area contributed by atoms with Crippen molar-refractivity contribution in [1.82, 2.24) is 4.98 Å². The van der Waals surface area contributed by atoms with Crippen molar-refractivity contribution in [2.24, 2.45) is 0 Å². The standard InChI is InChI=1S/C30H28N2O5/c1-18(2)37-30(36)22-10-7-11-23(17-22)32-26(24-12-5-6-15-31-24)25(28(34)29(32)35)27(33)21-14-13-19-8-3-4-9-20(19)16-21/h5-7,10-18,26,33H,3-4,8-9H2,1-2H3/b27-25-. The summed E-state index contributed by atoms with van der Waals surface area (Å²) in [5.74, 6) is -2.37. The molecule has 2 heterocycles. The number of anilines is 1. The molecule has 1 aliphatic carbocycles. The number of aryl methyl sites for hydroxylation is 2. The number of aromatic nitrogens is 1. The third kappa shape index (κ3) is 4.65. The van der Waals surface area contributed by atoms with E-state index in [1.807, 2.05) is 12.1 Å². The van der Waals surface area contributed by atoms with Crippen LogP contribution in [0.4, 0.5) is 5.69 Å². The Morgan fingerprint density at radius 2 is 1.76 bits per heavy atom. The minimum absolute atomic E-state index is 0.0328. The summed E-state index contributed by atoms with van der Waals surface area (Å²) in [7, 11) is 0. The first-order chi connectivity index (χ1) is 17.8. The molecule has 2 aliphatic rings. The Bertz CT molecular complexity index is 1410. The molecule has 7 nitrogen and oxygen atoms in total. The minimum Gasteiger partial charge on any atom is -0.507 e. The summed E-state index contributed by atoms with van der Waals surface area (Å²) in [6.45, 7) is 3.50. The molecule has 188 valence electrons. The zero-order valence-corrected chi connectivity index (χ0v) is 20.8. The normalized spacial score (nSPS) is 18.7. The monoisotopic (exact) mass is 496 g/mol. The molecule has 1 fully saturated rings. The molecule has 1 saturated heterocycles. The van der Waals surface area contributed by atoms with Crippen LogP contribution in [0.2, 0.25) is 0 Å². The maximum atomic E-state index is 13.4. The number of amides is 1. The topological polar surface area (TPSA) is 96.8 Å². The quantitative estimate of drug-likeness (QED) is 0.227. The number of benzene rings is 2. The van der Waals surface area contributed by atoms with E-state index >= 15 is 0 Å². The molecule has 2 aromatic carbocycles. The van der Waals surface area contributed by atoms with Crippen LogP contribution in [-0.4, -0.2) is 33.9 Å². The molecule has 1 amide bonds. The van der Waals surface area contributed by atoms with Gasteiger partial charge >= 0.3 is 5.97 Å². The van der Waals surface area contributed by atoms with Crippen LogP contribution >= 0.6 is 0 Å². The van der Waals surface area contributed by atoms with E-state index in [1.54, 1.807) is 62.5 Å². The van der Waals surface area contributed by atoms with Gasteiger partial charge in [-0.05, 0) is 87.1 Å². The third-order valence-corrected chi connectivity index (χ3v) is 6.74. The van der Waals surface area contributed by atoms with Crippen molar-refractivity contribution >= 4 is 29.1 Å². The van der Waals surface area contributed by atoms with Crippen LogP contribution in [0.1, 0.15) is 65.5 Å². The SMILES string of the molecule is CC(C)OC(=O)c1cccc(N2C(=O)C(=O)/C(=C(\O)c3ccc4c(c3)CCCC4)C2c2ccccn2)c1. The van der Waals surface area contributed by atoms with Gasteiger partial charge in [0.25, 0.3) is 11.7 Å². The zero-order valence-electron chi connectivity index (χ0n) is 20.8. The van der Waals surface area contributed by atoms with Gasteiger partial charge in [-0.2, -0.15) is 0 Å². The highest BCUT2D eigenvalue weighted by Gasteiger charge is 2.47. The Morgan fingerprint density at radius 3 is 2.49 bits per heavy atom. The number of aliphatic hydroxyl groups is 1. The molecule has 3 aromatic rings. The number of ketones is 1. The summed E-state index contributed by atoms with van der Waals surface area (Å²) in [5, 5.41) is 11.4. The van der Waals surface area contributed by atoms with E-state index in [0.717, 1.165) is 31.2 Å². The van der Waals surface area contributed by atoms with E-state index in [9.17, 15) is 19.5 Å². The van der Waals surface area contributed by atoms with Crippen LogP contribution in [0.5, 0.6) is 0 Å². The van der Waals surface area contributed by atoms with Crippen molar-refractivity contribution < 1.29 is 24.2 Å². The van der Waals surface area contributed by atoms with Crippen LogP contribution in [0.25, 0.3) is 5.76 Å². The number of Topliss-reactive ketones (excluding diaryl/α,β-unsaturated/α-hetero) is 1.